The molecule has 0 aliphatic heterocycles. The molecule has 0 aliphatic carbocycles. The molecule has 0 fully saturated rings. The molecule has 0 amide bonds. The quantitative estimate of drug-likeness (QED) is 0.235. The number of rotatable bonds is 10. The smallest absolute Gasteiger partial charge is 0.191 e. The van der Waals surface area contributed by atoms with Crippen LogP contribution in [0.15, 0.2) is 11.1 Å². The minimum atomic E-state index is 0. The van der Waals surface area contributed by atoms with Crippen molar-refractivity contribution in [2.24, 2.45) is 10.9 Å². The molecular weight excluding hydrogens is 439 g/mol. The lowest BCUT2D eigenvalue weighted by atomic mass is 9.93. The van der Waals surface area contributed by atoms with Gasteiger partial charge in [0.1, 0.15) is 0 Å². The molecule has 2 N–H and O–H groups in total. The highest BCUT2D eigenvalue weighted by Crippen LogP contribution is 2.16. The Labute approximate surface area is 177 Å². The Hall–Kier alpha value is -0.830. The number of likely N-dealkylation sites (N-methyl/N-ethyl adjacent to an activating group) is 1. The van der Waals surface area contributed by atoms with Crippen LogP contribution in [0, 0.1) is 19.8 Å². The van der Waals surface area contributed by atoms with Gasteiger partial charge < -0.3 is 15.5 Å². The molecule has 152 valence electrons. The van der Waals surface area contributed by atoms with E-state index in [2.05, 4.69) is 71.2 Å². The highest BCUT2D eigenvalue weighted by atomic mass is 127. The zero-order valence-electron chi connectivity index (χ0n) is 17.7. The number of aromatic nitrogens is 2. The van der Waals surface area contributed by atoms with Crippen molar-refractivity contribution in [3.05, 3.63) is 17.5 Å². The summed E-state index contributed by atoms with van der Waals surface area (Å²) in [4.78, 5) is 6.67. The lowest BCUT2D eigenvalue weighted by Crippen LogP contribution is -2.48. The second-order valence-corrected chi connectivity index (χ2v) is 6.99. The van der Waals surface area contributed by atoms with Crippen molar-refractivity contribution < 1.29 is 0 Å². The molecule has 7 heteroatoms. The maximum atomic E-state index is 4.50. The van der Waals surface area contributed by atoms with E-state index in [0.717, 1.165) is 37.7 Å². The van der Waals surface area contributed by atoms with Crippen LogP contribution in [-0.4, -0.2) is 60.9 Å². The Kier molecular flexibility index (Phi) is 12.9. The molecule has 0 radical (unpaired) electrons. The molecule has 26 heavy (non-hydrogen) atoms. The zero-order chi connectivity index (χ0) is 18.8. The molecule has 1 unspecified atom stereocenters. The van der Waals surface area contributed by atoms with E-state index < -0.39 is 0 Å². The summed E-state index contributed by atoms with van der Waals surface area (Å²) in [5, 5.41) is 11.4. The Morgan fingerprint density at radius 1 is 1.23 bits per heavy atom. The summed E-state index contributed by atoms with van der Waals surface area (Å²) in [5.74, 6) is 1.58. The van der Waals surface area contributed by atoms with Gasteiger partial charge in [0.2, 0.25) is 0 Å². The lowest BCUT2D eigenvalue weighted by Gasteiger charge is -2.32. The first-order valence-corrected chi connectivity index (χ1v) is 9.54. The van der Waals surface area contributed by atoms with Crippen LogP contribution in [0.3, 0.4) is 0 Å². The van der Waals surface area contributed by atoms with E-state index in [1.165, 1.54) is 18.5 Å². The fourth-order valence-corrected chi connectivity index (χ4v) is 3.36. The van der Waals surface area contributed by atoms with Crippen molar-refractivity contribution in [2.45, 2.75) is 59.5 Å². The fourth-order valence-electron chi connectivity index (χ4n) is 3.36. The summed E-state index contributed by atoms with van der Waals surface area (Å²) in [5.41, 5.74) is 2.30. The predicted molar refractivity (Wildman–Crippen MR) is 123 cm³/mol. The Morgan fingerprint density at radius 2 is 1.88 bits per heavy atom. The highest BCUT2D eigenvalue weighted by Gasteiger charge is 2.20. The van der Waals surface area contributed by atoms with Gasteiger partial charge in [0, 0.05) is 38.4 Å². The average molecular weight is 478 g/mol. The van der Waals surface area contributed by atoms with Crippen LogP contribution in [0.4, 0.5) is 0 Å². The number of halogens is 1. The van der Waals surface area contributed by atoms with Gasteiger partial charge in [-0.3, -0.25) is 9.67 Å². The van der Waals surface area contributed by atoms with E-state index in [1.807, 2.05) is 14.0 Å². The Bertz CT molecular complexity index is 522. The number of nitrogens with zero attached hydrogens (tertiary/aromatic N) is 4. The first kappa shape index (κ1) is 25.2. The maximum Gasteiger partial charge on any atom is 0.191 e. The van der Waals surface area contributed by atoms with Gasteiger partial charge in [-0.15, -0.1) is 24.0 Å². The number of aryl methyl sites for hydroxylation is 3. The molecule has 0 aromatic carbocycles. The van der Waals surface area contributed by atoms with E-state index >= 15 is 0 Å². The predicted octanol–water partition coefficient (Wildman–Crippen LogP) is 3.04. The van der Waals surface area contributed by atoms with Gasteiger partial charge in [0.05, 0.1) is 5.69 Å². The van der Waals surface area contributed by atoms with Gasteiger partial charge >= 0.3 is 0 Å². The molecule has 6 nitrogen and oxygen atoms in total. The van der Waals surface area contributed by atoms with E-state index in [4.69, 9.17) is 0 Å². The van der Waals surface area contributed by atoms with Crippen molar-refractivity contribution in [3.63, 3.8) is 0 Å². The van der Waals surface area contributed by atoms with Crippen molar-refractivity contribution in [3.8, 4) is 0 Å². The van der Waals surface area contributed by atoms with Gasteiger partial charge in [-0.2, -0.15) is 5.10 Å². The largest absolute Gasteiger partial charge is 0.356 e. The molecule has 0 aliphatic rings. The van der Waals surface area contributed by atoms with Crippen LogP contribution in [0.1, 0.15) is 44.5 Å². The van der Waals surface area contributed by atoms with Gasteiger partial charge in [0.25, 0.3) is 0 Å². The van der Waals surface area contributed by atoms with Crippen LogP contribution in [0.25, 0.3) is 0 Å². The third kappa shape index (κ3) is 8.24. The number of nitrogens with one attached hydrogen (secondary N) is 2. The maximum absolute atomic E-state index is 4.50. The van der Waals surface area contributed by atoms with Gasteiger partial charge in [0.15, 0.2) is 5.96 Å². The van der Waals surface area contributed by atoms with Crippen LogP contribution >= 0.6 is 24.0 Å². The lowest BCUT2D eigenvalue weighted by molar-refractivity contribution is 0.200. The fraction of sp³-hybridized carbons (Fsp3) is 0.789. The highest BCUT2D eigenvalue weighted by molar-refractivity contribution is 14.0. The standard InChI is InChI=1S/C19H38N6.HI/c1-8-17(9-2)18(24(6)7)14-22-19(20-5)21-11-10-12-25-16(4)13-15(3)23-25;/h13,17-18H,8-12,14H2,1-7H3,(H2,20,21,22);1H. The molecule has 1 aromatic heterocycles. The van der Waals surface area contributed by atoms with Crippen LogP contribution in [-0.2, 0) is 6.54 Å². The summed E-state index contributed by atoms with van der Waals surface area (Å²) in [7, 11) is 6.16. The van der Waals surface area contributed by atoms with Crippen molar-refractivity contribution in [2.75, 3.05) is 34.2 Å². The minimum absolute atomic E-state index is 0. The molecule has 1 rings (SSSR count). The topological polar surface area (TPSA) is 57.5 Å². The van der Waals surface area contributed by atoms with E-state index in [-0.39, 0.29) is 24.0 Å². The van der Waals surface area contributed by atoms with Crippen LogP contribution in [0.2, 0.25) is 0 Å². The first-order chi connectivity index (χ1) is 11.9. The van der Waals surface area contributed by atoms with Crippen LogP contribution in [0.5, 0.6) is 0 Å². The van der Waals surface area contributed by atoms with Crippen LogP contribution < -0.4 is 10.6 Å². The molecule has 1 heterocycles. The number of hydrogen-bond acceptors (Lipinski definition) is 3. The SMILES string of the molecule is CCC(CC)C(CNC(=NC)NCCCn1nc(C)cc1C)N(C)C.I. The first-order valence-electron chi connectivity index (χ1n) is 9.54. The third-order valence-electron chi connectivity index (χ3n) is 4.90. The number of aliphatic imine (C=N–C) groups is 1. The molecule has 1 atom stereocenters. The minimum Gasteiger partial charge on any atom is -0.356 e. The second-order valence-electron chi connectivity index (χ2n) is 6.99. The van der Waals surface area contributed by atoms with Crippen molar-refractivity contribution in [1.29, 1.82) is 0 Å². The van der Waals surface area contributed by atoms with Gasteiger partial charge in [-0.1, -0.05) is 26.7 Å². The molecule has 0 spiro atoms. The number of guanidine groups is 1. The summed E-state index contributed by atoms with van der Waals surface area (Å²) < 4.78 is 2.07. The molecular formula is C19H39IN6. The summed E-state index contributed by atoms with van der Waals surface area (Å²) in [6.45, 7) is 11.4. The molecule has 0 saturated heterocycles. The number of hydrogen-bond donors (Lipinski definition) is 2. The van der Waals surface area contributed by atoms with E-state index in [1.54, 1.807) is 0 Å². The van der Waals surface area contributed by atoms with Gasteiger partial charge in [-0.05, 0) is 46.3 Å². The zero-order valence-corrected chi connectivity index (χ0v) is 20.0. The average Bonchev–Trinajstić information content (AvgIpc) is 2.90. The van der Waals surface area contributed by atoms with Gasteiger partial charge in [-0.25, -0.2) is 0 Å². The summed E-state index contributed by atoms with van der Waals surface area (Å²) >= 11 is 0. The molecule has 0 saturated carbocycles. The second kappa shape index (κ2) is 13.4. The normalized spacial score (nSPS) is 13.0. The summed E-state index contributed by atoms with van der Waals surface area (Å²) in [6, 6.07) is 2.64. The summed E-state index contributed by atoms with van der Waals surface area (Å²) in [6.07, 6.45) is 3.43. The molecule has 1 aromatic rings. The Morgan fingerprint density at radius 3 is 2.35 bits per heavy atom. The van der Waals surface area contributed by atoms with Crippen molar-refractivity contribution in [1.82, 2.24) is 25.3 Å². The van der Waals surface area contributed by atoms with Crippen molar-refractivity contribution >= 4 is 29.9 Å². The molecule has 0 bridgehead atoms. The third-order valence-corrected chi connectivity index (χ3v) is 4.90. The van der Waals surface area contributed by atoms with E-state index in [9.17, 15) is 0 Å². The monoisotopic (exact) mass is 478 g/mol. The van der Waals surface area contributed by atoms with E-state index in [0.29, 0.717) is 12.0 Å². The Balaban J connectivity index is 0.00000625.